The van der Waals surface area contributed by atoms with Gasteiger partial charge >= 0.3 is 5.97 Å². The minimum Gasteiger partial charge on any atom is -1.00 e. The second kappa shape index (κ2) is 7.15. The highest BCUT2D eigenvalue weighted by Crippen LogP contribution is 2.28. The Morgan fingerprint density at radius 1 is 1.44 bits per heavy atom. The number of nitrogens with zero attached hydrogens (tertiary/aromatic N) is 1. The number of quaternary nitrogens is 1. The smallest absolute Gasteiger partial charge is 0.361 e. The molecule has 4 heteroatoms. The van der Waals surface area contributed by atoms with Gasteiger partial charge in [0.1, 0.15) is 0 Å². The molecule has 0 saturated heterocycles. The molecule has 0 amide bonds. The van der Waals surface area contributed by atoms with Crippen molar-refractivity contribution in [3.63, 3.8) is 0 Å². The van der Waals surface area contributed by atoms with Crippen molar-refractivity contribution in [3.8, 4) is 0 Å². The van der Waals surface area contributed by atoms with Gasteiger partial charge in [-0.25, -0.2) is 4.79 Å². The maximum atomic E-state index is 11.6. The van der Waals surface area contributed by atoms with Gasteiger partial charge in [-0.1, -0.05) is 18.6 Å². The minimum atomic E-state index is -0.0871. The average molecular weight is 276 g/mol. The summed E-state index contributed by atoms with van der Waals surface area (Å²) in [5, 5.41) is 0. The van der Waals surface area contributed by atoms with Crippen LogP contribution in [0.3, 0.4) is 0 Å². The molecule has 0 aromatic heterocycles. The molecule has 0 saturated carbocycles. The van der Waals surface area contributed by atoms with E-state index in [4.69, 9.17) is 4.74 Å². The number of ether oxygens (including phenoxy) is 1. The predicted octanol–water partition coefficient (Wildman–Crippen LogP) is -0.768. The van der Waals surface area contributed by atoms with Gasteiger partial charge in [-0.05, 0) is 31.6 Å². The first-order chi connectivity index (χ1) is 7.78. The van der Waals surface area contributed by atoms with Crippen LogP contribution in [0, 0.1) is 11.8 Å². The molecule has 1 rings (SSSR count). The van der Waals surface area contributed by atoms with E-state index in [0.29, 0.717) is 29.5 Å². The monoisotopic (exact) mass is 275 g/mol. The van der Waals surface area contributed by atoms with Gasteiger partial charge in [-0.15, -0.1) is 0 Å². The number of esters is 1. The third-order valence-corrected chi connectivity index (χ3v) is 3.26. The van der Waals surface area contributed by atoms with Gasteiger partial charge < -0.3 is 21.6 Å². The Bertz CT molecular complexity index is 307. The van der Waals surface area contributed by atoms with Gasteiger partial charge in [0, 0.05) is 0 Å². The summed E-state index contributed by atoms with van der Waals surface area (Å²) in [6, 6.07) is 0. The van der Waals surface area contributed by atoms with Crippen molar-refractivity contribution in [2.24, 2.45) is 11.8 Å². The molecule has 106 valence electrons. The predicted molar refractivity (Wildman–Crippen MR) is 69.5 cm³/mol. The van der Waals surface area contributed by atoms with E-state index in [1.165, 1.54) is 5.57 Å². The Labute approximate surface area is 117 Å². The molecule has 0 fully saturated rings. The second-order valence-corrected chi connectivity index (χ2v) is 6.30. The molecular formula is C14H26ClNO2. The minimum absolute atomic E-state index is 0. The zero-order valence-corrected chi connectivity index (χ0v) is 13.0. The largest absolute Gasteiger partial charge is 1.00 e. The van der Waals surface area contributed by atoms with E-state index < -0.39 is 0 Å². The number of hydrogen-bond acceptors (Lipinski definition) is 2. The number of carbonyl (C=O) groups is 1. The highest BCUT2D eigenvalue weighted by molar-refractivity contribution is 5.70. The summed E-state index contributed by atoms with van der Waals surface area (Å²) in [5.74, 6) is 0.937. The SMILES string of the molecule is CC1=CC(C)C(COC(=O)C[N+](C)(C)C)CC1.[Cl-]. The number of rotatable bonds is 4. The van der Waals surface area contributed by atoms with Crippen LogP contribution in [0.5, 0.6) is 0 Å². The van der Waals surface area contributed by atoms with Crippen LogP contribution < -0.4 is 12.4 Å². The van der Waals surface area contributed by atoms with Crippen LogP contribution in [0.2, 0.25) is 0 Å². The van der Waals surface area contributed by atoms with Crippen LogP contribution in [0.4, 0.5) is 0 Å². The first kappa shape index (κ1) is 17.5. The lowest BCUT2D eigenvalue weighted by atomic mass is 9.83. The Morgan fingerprint density at radius 2 is 2.06 bits per heavy atom. The number of likely N-dealkylation sites (N-methyl/N-ethyl adjacent to an activating group) is 1. The number of allylic oxidation sites excluding steroid dienone is 2. The standard InChI is InChI=1S/C14H26NO2.ClH/c1-11-6-7-13(12(2)8-11)10-17-14(16)9-15(3,4)5;/h8,12-13H,6-7,9-10H2,1-5H3;1H/q+1;/p-1. The van der Waals surface area contributed by atoms with E-state index in [9.17, 15) is 4.79 Å². The van der Waals surface area contributed by atoms with Gasteiger partial charge in [0.25, 0.3) is 0 Å². The third-order valence-electron chi connectivity index (χ3n) is 3.26. The van der Waals surface area contributed by atoms with Gasteiger partial charge in [0.15, 0.2) is 6.54 Å². The molecule has 2 atom stereocenters. The lowest BCUT2D eigenvalue weighted by Gasteiger charge is -2.27. The van der Waals surface area contributed by atoms with Crippen molar-refractivity contribution in [3.05, 3.63) is 11.6 Å². The second-order valence-electron chi connectivity index (χ2n) is 6.30. The van der Waals surface area contributed by atoms with Crippen molar-refractivity contribution in [1.29, 1.82) is 0 Å². The quantitative estimate of drug-likeness (QED) is 0.383. The van der Waals surface area contributed by atoms with Crippen LogP contribution in [-0.4, -0.2) is 44.7 Å². The number of carbonyl (C=O) groups excluding carboxylic acids is 1. The van der Waals surface area contributed by atoms with Gasteiger partial charge in [0.2, 0.25) is 0 Å². The van der Waals surface area contributed by atoms with Crippen molar-refractivity contribution < 1.29 is 26.4 Å². The summed E-state index contributed by atoms with van der Waals surface area (Å²) >= 11 is 0. The highest BCUT2D eigenvalue weighted by Gasteiger charge is 2.23. The summed E-state index contributed by atoms with van der Waals surface area (Å²) in [5.41, 5.74) is 1.46. The van der Waals surface area contributed by atoms with Gasteiger partial charge in [-0.3, -0.25) is 0 Å². The summed E-state index contributed by atoms with van der Waals surface area (Å²) in [6.07, 6.45) is 4.59. The van der Waals surface area contributed by atoms with Crippen LogP contribution in [-0.2, 0) is 9.53 Å². The molecule has 2 unspecified atom stereocenters. The average Bonchev–Trinajstić information content (AvgIpc) is 2.13. The van der Waals surface area contributed by atoms with Crippen LogP contribution in [0.25, 0.3) is 0 Å². The third kappa shape index (κ3) is 6.41. The zero-order valence-electron chi connectivity index (χ0n) is 12.2. The molecule has 0 radical (unpaired) electrons. The first-order valence-corrected chi connectivity index (χ1v) is 6.41. The molecule has 18 heavy (non-hydrogen) atoms. The van der Waals surface area contributed by atoms with E-state index in [-0.39, 0.29) is 18.4 Å². The molecular weight excluding hydrogens is 250 g/mol. The zero-order chi connectivity index (χ0) is 13.1. The Kier molecular flexibility index (Phi) is 6.93. The van der Waals surface area contributed by atoms with E-state index in [1.807, 2.05) is 21.1 Å². The van der Waals surface area contributed by atoms with E-state index in [1.54, 1.807) is 0 Å². The lowest BCUT2D eigenvalue weighted by Crippen LogP contribution is -3.00. The molecule has 0 N–H and O–H groups in total. The van der Waals surface area contributed by atoms with Gasteiger partial charge in [-0.2, -0.15) is 0 Å². The molecule has 1 aliphatic rings. The summed E-state index contributed by atoms with van der Waals surface area (Å²) < 4.78 is 6.00. The van der Waals surface area contributed by atoms with Crippen LogP contribution in [0.1, 0.15) is 26.7 Å². The molecule has 0 aromatic carbocycles. The molecule has 0 spiro atoms. The lowest BCUT2D eigenvalue weighted by molar-refractivity contribution is -0.862. The fourth-order valence-corrected chi connectivity index (χ4v) is 2.21. The molecule has 0 aliphatic heterocycles. The maximum Gasteiger partial charge on any atom is 0.361 e. The normalized spacial score (nSPS) is 23.9. The summed E-state index contributed by atoms with van der Waals surface area (Å²) in [4.78, 5) is 11.6. The van der Waals surface area contributed by atoms with E-state index >= 15 is 0 Å². The topological polar surface area (TPSA) is 26.3 Å². The molecule has 3 nitrogen and oxygen atoms in total. The molecule has 0 aromatic rings. The van der Waals surface area contributed by atoms with Crippen LogP contribution >= 0.6 is 0 Å². The molecule has 0 heterocycles. The fourth-order valence-electron chi connectivity index (χ4n) is 2.21. The van der Waals surface area contributed by atoms with E-state index in [0.717, 1.165) is 12.8 Å². The first-order valence-electron chi connectivity index (χ1n) is 6.41. The Morgan fingerprint density at radius 3 is 2.56 bits per heavy atom. The van der Waals surface area contributed by atoms with Gasteiger partial charge in [0.05, 0.1) is 27.7 Å². The maximum absolute atomic E-state index is 11.6. The molecule has 1 aliphatic carbocycles. The fraction of sp³-hybridized carbons (Fsp3) is 0.786. The summed E-state index contributed by atoms with van der Waals surface area (Å²) in [7, 11) is 5.99. The Balaban J connectivity index is 0.00000289. The van der Waals surface area contributed by atoms with Crippen molar-refractivity contribution in [2.45, 2.75) is 26.7 Å². The Hall–Kier alpha value is -0.540. The number of halogens is 1. The van der Waals surface area contributed by atoms with Crippen molar-refractivity contribution >= 4 is 5.97 Å². The van der Waals surface area contributed by atoms with Crippen molar-refractivity contribution in [2.75, 3.05) is 34.3 Å². The van der Waals surface area contributed by atoms with Crippen LogP contribution in [0.15, 0.2) is 11.6 Å². The number of hydrogen-bond donors (Lipinski definition) is 0. The van der Waals surface area contributed by atoms with E-state index in [2.05, 4.69) is 19.9 Å². The van der Waals surface area contributed by atoms with Crippen molar-refractivity contribution in [1.82, 2.24) is 0 Å². The summed E-state index contributed by atoms with van der Waals surface area (Å²) in [6.45, 7) is 5.40. The highest BCUT2D eigenvalue weighted by atomic mass is 35.5. The molecule has 0 bridgehead atoms.